The van der Waals surface area contributed by atoms with Gasteiger partial charge in [0.1, 0.15) is 5.52 Å². The molecule has 160 valence electrons. The number of pyridine rings is 1. The molecule has 29 heavy (non-hydrogen) atoms. The molecule has 1 amide bonds. The molecule has 0 aliphatic heterocycles. The fourth-order valence-electron chi connectivity index (χ4n) is 2.93. The summed E-state index contributed by atoms with van der Waals surface area (Å²) in [5.74, 6) is -2.11. The van der Waals surface area contributed by atoms with E-state index in [2.05, 4.69) is 15.3 Å². The summed E-state index contributed by atoms with van der Waals surface area (Å²) in [6, 6.07) is 3.44. The Hall–Kier alpha value is -2.07. The lowest BCUT2D eigenvalue weighted by Gasteiger charge is -2.35. The van der Waals surface area contributed by atoms with Crippen LogP contribution in [-0.2, 0) is 9.53 Å². The van der Waals surface area contributed by atoms with Gasteiger partial charge in [0.2, 0.25) is 11.8 Å². The molecule has 2 aromatic rings. The first-order valence-corrected chi connectivity index (χ1v) is 10.3. The number of carbonyl (C=O) groups excluding carboxylic acids is 1. The summed E-state index contributed by atoms with van der Waals surface area (Å²) in [4.78, 5) is 20.1. The zero-order valence-electron chi connectivity index (χ0n) is 16.6. The third-order valence-electron chi connectivity index (χ3n) is 4.35. The van der Waals surface area contributed by atoms with Crippen molar-refractivity contribution in [2.45, 2.75) is 51.7 Å². The minimum absolute atomic E-state index is 0.00411. The summed E-state index contributed by atoms with van der Waals surface area (Å²) in [5.41, 5.74) is 0.585. The third kappa shape index (κ3) is 6.74. The van der Waals surface area contributed by atoms with Gasteiger partial charge in [0.25, 0.3) is 11.1 Å². The van der Waals surface area contributed by atoms with Crippen LogP contribution in [-0.4, -0.2) is 53.8 Å². The number of thiazole rings is 1. The lowest BCUT2D eigenvalue weighted by molar-refractivity contribution is -0.120. The number of alkyl halides is 2. The molecule has 1 aliphatic rings. The molecule has 0 radical (unpaired) electrons. The quantitative estimate of drug-likeness (QED) is 0.623. The smallest absolute Gasteiger partial charge is 0.278 e. The van der Waals surface area contributed by atoms with Gasteiger partial charge in [-0.3, -0.25) is 4.79 Å². The monoisotopic (exact) mass is 429 g/mol. The molecule has 2 heterocycles. The molecule has 1 N–H and O–H groups in total. The molecule has 10 heteroatoms. The first kappa shape index (κ1) is 21.6. The average molecular weight is 429 g/mol. The number of carbonyl (C=O) groups is 1. The van der Waals surface area contributed by atoms with Crippen LogP contribution in [0.2, 0.25) is 0 Å². The van der Waals surface area contributed by atoms with Gasteiger partial charge in [-0.05, 0) is 31.7 Å². The van der Waals surface area contributed by atoms with Crippen molar-refractivity contribution in [3.05, 3.63) is 12.1 Å². The number of halogens is 2. The number of hydrogen-bond donors (Lipinski definition) is 1. The molecule has 2 aromatic heterocycles. The fraction of sp³-hybridized carbons (Fsp3) is 0.632. The summed E-state index contributed by atoms with van der Waals surface area (Å²) in [6.07, 6.45) is 1.99. The fourth-order valence-corrected chi connectivity index (χ4v) is 3.71. The van der Waals surface area contributed by atoms with Crippen molar-refractivity contribution >= 4 is 27.6 Å². The number of rotatable bonds is 10. The zero-order valence-corrected chi connectivity index (χ0v) is 17.4. The standard InChI is InChI=1S/C19H25F2N3O4S/c1-11(22-12(2)25)8-26-14-6-13(7-14)9-27-16-5-4-15-17(24-16)29-18(23-15)28-10-19(3,20)21/h4-5,11,13-14H,6-10H2,1-3H3,(H,22,25)/t11-,13-,14-/m0/s1. The van der Waals surface area contributed by atoms with Gasteiger partial charge in [-0.2, -0.15) is 0 Å². The molecule has 0 aromatic carbocycles. The molecule has 0 unspecified atom stereocenters. The summed E-state index contributed by atoms with van der Waals surface area (Å²) in [5, 5.41) is 2.95. The van der Waals surface area contributed by atoms with Crippen LogP contribution >= 0.6 is 11.3 Å². The second kappa shape index (κ2) is 9.17. The number of amides is 1. The Balaban J connectivity index is 1.40. The van der Waals surface area contributed by atoms with Gasteiger partial charge >= 0.3 is 0 Å². The van der Waals surface area contributed by atoms with E-state index in [9.17, 15) is 13.6 Å². The first-order chi connectivity index (χ1) is 13.7. The molecular weight excluding hydrogens is 404 g/mol. The van der Waals surface area contributed by atoms with E-state index in [0.717, 1.165) is 31.1 Å². The maximum atomic E-state index is 12.9. The largest absolute Gasteiger partial charge is 0.477 e. The van der Waals surface area contributed by atoms with Crippen molar-refractivity contribution in [3.8, 4) is 11.1 Å². The third-order valence-corrected chi connectivity index (χ3v) is 5.23. The summed E-state index contributed by atoms with van der Waals surface area (Å²) < 4.78 is 42.4. The Bertz CT molecular complexity index is 836. The minimum atomic E-state index is -2.91. The Kier molecular flexibility index (Phi) is 6.84. The van der Waals surface area contributed by atoms with Crippen molar-refractivity contribution in [1.29, 1.82) is 0 Å². The second-order valence-electron chi connectivity index (χ2n) is 7.52. The lowest BCUT2D eigenvalue weighted by Crippen LogP contribution is -2.40. The van der Waals surface area contributed by atoms with Crippen molar-refractivity contribution in [2.24, 2.45) is 5.92 Å². The molecular formula is C19H25F2N3O4S. The van der Waals surface area contributed by atoms with Crippen LogP contribution < -0.4 is 14.8 Å². The van der Waals surface area contributed by atoms with E-state index in [-0.39, 0.29) is 23.2 Å². The molecule has 0 spiro atoms. The molecule has 1 aliphatic carbocycles. The minimum Gasteiger partial charge on any atom is -0.477 e. The second-order valence-corrected chi connectivity index (χ2v) is 8.46. The van der Waals surface area contributed by atoms with Crippen LogP contribution in [0.4, 0.5) is 8.78 Å². The molecule has 1 atom stereocenters. The van der Waals surface area contributed by atoms with E-state index in [1.807, 2.05) is 6.92 Å². The van der Waals surface area contributed by atoms with E-state index in [0.29, 0.717) is 35.4 Å². The topological polar surface area (TPSA) is 82.6 Å². The van der Waals surface area contributed by atoms with Crippen LogP contribution in [0.1, 0.15) is 33.6 Å². The number of aromatic nitrogens is 2. The number of hydrogen-bond acceptors (Lipinski definition) is 7. The average Bonchev–Trinajstić information content (AvgIpc) is 2.99. The highest BCUT2D eigenvalue weighted by atomic mass is 32.1. The zero-order chi connectivity index (χ0) is 21.0. The van der Waals surface area contributed by atoms with E-state index >= 15 is 0 Å². The predicted molar refractivity (Wildman–Crippen MR) is 105 cm³/mol. The van der Waals surface area contributed by atoms with Gasteiger partial charge < -0.3 is 19.5 Å². The van der Waals surface area contributed by atoms with Gasteiger partial charge in [-0.25, -0.2) is 18.7 Å². The number of nitrogens with one attached hydrogen (secondary N) is 1. The maximum absolute atomic E-state index is 12.9. The van der Waals surface area contributed by atoms with Gasteiger partial charge in [-0.15, -0.1) is 0 Å². The number of ether oxygens (including phenoxy) is 3. The predicted octanol–water partition coefficient (Wildman–Crippen LogP) is 3.42. The lowest BCUT2D eigenvalue weighted by atomic mass is 9.83. The van der Waals surface area contributed by atoms with Crippen molar-refractivity contribution < 1.29 is 27.8 Å². The van der Waals surface area contributed by atoms with Crippen LogP contribution in [0, 0.1) is 5.92 Å². The highest BCUT2D eigenvalue weighted by Gasteiger charge is 2.31. The Morgan fingerprint density at radius 3 is 2.79 bits per heavy atom. The molecule has 0 bridgehead atoms. The normalized spacial score (nSPS) is 20.2. The number of fused-ring (bicyclic) bond motifs is 1. The Morgan fingerprint density at radius 2 is 2.10 bits per heavy atom. The number of nitrogens with zero attached hydrogens (tertiary/aromatic N) is 2. The van der Waals surface area contributed by atoms with Gasteiger partial charge in [-0.1, -0.05) is 11.3 Å². The molecule has 0 saturated heterocycles. The van der Waals surface area contributed by atoms with Crippen LogP contribution in [0.15, 0.2) is 12.1 Å². The van der Waals surface area contributed by atoms with E-state index in [1.54, 1.807) is 12.1 Å². The molecule has 3 rings (SSSR count). The van der Waals surface area contributed by atoms with Crippen molar-refractivity contribution in [3.63, 3.8) is 0 Å². The summed E-state index contributed by atoms with van der Waals surface area (Å²) >= 11 is 1.11. The van der Waals surface area contributed by atoms with Gasteiger partial charge in [0, 0.05) is 26.0 Å². The molecule has 7 nitrogen and oxygen atoms in total. The summed E-state index contributed by atoms with van der Waals surface area (Å²) in [7, 11) is 0. The Labute approximate surface area is 171 Å². The molecule has 1 fully saturated rings. The Morgan fingerprint density at radius 1 is 1.34 bits per heavy atom. The van der Waals surface area contributed by atoms with E-state index in [1.165, 1.54) is 6.92 Å². The highest BCUT2D eigenvalue weighted by Crippen LogP contribution is 2.32. The van der Waals surface area contributed by atoms with Crippen LogP contribution in [0.5, 0.6) is 11.1 Å². The van der Waals surface area contributed by atoms with Crippen molar-refractivity contribution in [2.75, 3.05) is 19.8 Å². The van der Waals surface area contributed by atoms with E-state index in [4.69, 9.17) is 14.2 Å². The first-order valence-electron chi connectivity index (χ1n) is 9.47. The molecule has 1 saturated carbocycles. The van der Waals surface area contributed by atoms with Crippen LogP contribution in [0.25, 0.3) is 10.3 Å². The maximum Gasteiger partial charge on any atom is 0.278 e. The van der Waals surface area contributed by atoms with Gasteiger partial charge in [0.15, 0.2) is 11.4 Å². The highest BCUT2D eigenvalue weighted by molar-refractivity contribution is 7.19. The summed E-state index contributed by atoms with van der Waals surface area (Å²) in [6.45, 7) is 4.50. The van der Waals surface area contributed by atoms with Gasteiger partial charge in [0.05, 0.1) is 19.3 Å². The van der Waals surface area contributed by atoms with E-state index < -0.39 is 12.5 Å². The van der Waals surface area contributed by atoms with Crippen molar-refractivity contribution in [1.82, 2.24) is 15.3 Å². The SMILES string of the molecule is CC(=O)N[C@@H](C)CO[C@H]1C[C@H](COc2ccc3nc(OCC(C)(F)F)sc3n2)C1. The van der Waals surface area contributed by atoms with Crippen LogP contribution in [0.3, 0.4) is 0 Å².